The van der Waals surface area contributed by atoms with Crippen LogP contribution >= 0.6 is 0 Å². The van der Waals surface area contributed by atoms with Crippen molar-refractivity contribution >= 4 is 17.2 Å². The minimum absolute atomic E-state index is 0.00396. The van der Waals surface area contributed by atoms with Gasteiger partial charge in [0.2, 0.25) is 0 Å². The lowest BCUT2D eigenvalue weighted by Gasteiger charge is -2.27. The number of carbonyl (C=O) groups is 1. The zero-order valence-electron chi connectivity index (χ0n) is 12.1. The van der Waals surface area contributed by atoms with Crippen molar-refractivity contribution in [2.75, 3.05) is 17.2 Å². The topological polar surface area (TPSA) is 59.2 Å². The van der Waals surface area contributed by atoms with E-state index in [0.29, 0.717) is 17.3 Å². The van der Waals surface area contributed by atoms with Gasteiger partial charge in [0.15, 0.2) is 5.78 Å². The first-order valence-electron chi connectivity index (χ1n) is 7.24. The minimum Gasteiger partial charge on any atom is -0.398 e. The Bertz CT molecular complexity index is 654. The summed E-state index contributed by atoms with van der Waals surface area (Å²) < 4.78 is 0. The second-order valence-corrected chi connectivity index (χ2v) is 5.47. The number of hydrogen-bond donors (Lipinski definition) is 1. The van der Waals surface area contributed by atoms with Crippen molar-refractivity contribution in [1.29, 1.82) is 0 Å². The van der Waals surface area contributed by atoms with Crippen LogP contribution in [0.5, 0.6) is 0 Å². The average molecular weight is 281 g/mol. The molecule has 4 heteroatoms. The second kappa shape index (κ2) is 5.56. The summed E-state index contributed by atoms with van der Waals surface area (Å²) in [5.41, 5.74) is 9.46. The molecule has 2 heterocycles. The fraction of sp³-hybridized carbons (Fsp3) is 0.294. The molecule has 0 saturated carbocycles. The molecule has 1 fully saturated rings. The smallest absolute Gasteiger partial charge is 0.161 e. The molecule has 1 aromatic heterocycles. The fourth-order valence-electron chi connectivity index (χ4n) is 3.04. The standard InChI is InChI=1S/C17H19N3O/c1-12(21)15-7-6-14(10-16(15)18)20-9-3-5-17(20)13-4-2-8-19-11-13/h2,4,6-8,10-11,17H,3,5,9,18H2,1H3. The normalized spacial score (nSPS) is 18.0. The molecule has 1 saturated heterocycles. The van der Waals surface area contributed by atoms with Crippen molar-refractivity contribution in [2.24, 2.45) is 0 Å². The Kier molecular flexibility index (Phi) is 3.60. The summed E-state index contributed by atoms with van der Waals surface area (Å²) in [7, 11) is 0. The van der Waals surface area contributed by atoms with Crippen LogP contribution in [0.4, 0.5) is 11.4 Å². The minimum atomic E-state index is 0.00396. The van der Waals surface area contributed by atoms with Crippen molar-refractivity contribution < 1.29 is 4.79 Å². The van der Waals surface area contributed by atoms with Gasteiger partial charge in [-0.3, -0.25) is 9.78 Å². The highest BCUT2D eigenvalue weighted by molar-refractivity contribution is 5.99. The van der Waals surface area contributed by atoms with E-state index in [-0.39, 0.29) is 5.78 Å². The summed E-state index contributed by atoms with van der Waals surface area (Å²) in [6, 6.07) is 10.1. The maximum absolute atomic E-state index is 11.5. The Morgan fingerprint density at radius 2 is 2.24 bits per heavy atom. The van der Waals surface area contributed by atoms with E-state index in [1.54, 1.807) is 13.1 Å². The molecule has 0 bridgehead atoms. The number of nitrogens with two attached hydrogens (primary N) is 1. The first-order valence-corrected chi connectivity index (χ1v) is 7.24. The van der Waals surface area contributed by atoms with Gasteiger partial charge in [-0.05, 0) is 49.6 Å². The van der Waals surface area contributed by atoms with Gasteiger partial charge >= 0.3 is 0 Å². The zero-order valence-corrected chi connectivity index (χ0v) is 12.1. The zero-order chi connectivity index (χ0) is 14.8. The number of benzene rings is 1. The summed E-state index contributed by atoms with van der Waals surface area (Å²) in [5.74, 6) is 0.00396. The molecule has 0 radical (unpaired) electrons. The lowest BCUT2D eigenvalue weighted by atomic mass is 10.0. The van der Waals surface area contributed by atoms with Gasteiger partial charge in [0.1, 0.15) is 0 Å². The van der Waals surface area contributed by atoms with Crippen LogP contribution in [0.3, 0.4) is 0 Å². The van der Waals surface area contributed by atoms with Gasteiger partial charge in [-0.1, -0.05) is 6.07 Å². The van der Waals surface area contributed by atoms with Gasteiger partial charge in [-0.15, -0.1) is 0 Å². The van der Waals surface area contributed by atoms with E-state index in [0.717, 1.165) is 25.1 Å². The van der Waals surface area contributed by atoms with Crippen molar-refractivity contribution in [2.45, 2.75) is 25.8 Å². The predicted molar refractivity (Wildman–Crippen MR) is 84.4 cm³/mol. The molecule has 1 unspecified atom stereocenters. The molecule has 0 amide bonds. The van der Waals surface area contributed by atoms with Crippen molar-refractivity contribution in [3.8, 4) is 0 Å². The third-order valence-electron chi connectivity index (χ3n) is 4.07. The molecule has 1 aliphatic heterocycles. The van der Waals surface area contributed by atoms with E-state index in [2.05, 4.69) is 16.0 Å². The second-order valence-electron chi connectivity index (χ2n) is 5.47. The van der Waals surface area contributed by atoms with Crippen molar-refractivity contribution in [1.82, 2.24) is 4.98 Å². The van der Waals surface area contributed by atoms with Crippen LogP contribution < -0.4 is 10.6 Å². The van der Waals surface area contributed by atoms with Gasteiger partial charge in [-0.25, -0.2) is 0 Å². The number of anilines is 2. The van der Waals surface area contributed by atoms with Crippen molar-refractivity contribution in [3.05, 3.63) is 53.9 Å². The van der Waals surface area contributed by atoms with E-state index >= 15 is 0 Å². The van der Waals surface area contributed by atoms with E-state index in [4.69, 9.17) is 5.73 Å². The molecule has 4 nitrogen and oxygen atoms in total. The molecule has 21 heavy (non-hydrogen) atoms. The average Bonchev–Trinajstić information content (AvgIpc) is 2.97. The number of Topliss-reactive ketones (excluding diaryl/α,β-unsaturated/α-hetero) is 1. The summed E-state index contributed by atoms with van der Waals surface area (Å²) in [6.07, 6.45) is 5.98. The highest BCUT2D eigenvalue weighted by Gasteiger charge is 2.26. The Labute approximate surface area is 124 Å². The van der Waals surface area contributed by atoms with Crippen LogP contribution in [0.25, 0.3) is 0 Å². The van der Waals surface area contributed by atoms with Crippen LogP contribution in [0.15, 0.2) is 42.7 Å². The van der Waals surface area contributed by atoms with E-state index in [1.165, 1.54) is 5.56 Å². The quantitative estimate of drug-likeness (QED) is 0.693. The summed E-state index contributed by atoms with van der Waals surface area (Å²) in [6.45, 7) is 2.54. The molecule has 0 aliphatic carbocycles. The van der Waals surface area contributed by atoms with Crippen LogP contribution in [-0.2, 0) is 0 Å². The van der Waals surface area contributed by atoms with Crippen molar-refractivity contribution in [3.63, 3.8) is 0 Å². The molecule has 2 N–H and O–H groups in total. The van der Waals surface area contributed by atoms with Gasteiger partial charge < -0.3 is 10.6 Å². The first kappa shape index (κ1) is 13.6. The fourth-order valence-corrected chi connectivity index (χ4v) is 3.04. The number of pyridine rings is 1. The largest absolute Gasteiger partial charge is 0.398 e. The number of nitrogens with zero attached hydrogens (tertiary/aromatic N) is 2. The van der Waals surface area contributed by atoms with Crippen LogP contribution in [0.1, 0.15) is 41.7 Å². The maximum Gasteiger partial charge on any atom is 0.161 e. The van der Waals surface area contributed by atoms with Gasteiger partial charge in [0.25, 0.3) is 0 Å². The van der Waals surface area contributed by atoms with E-state index in [9.17, 15) is 4.79 Å². The molecular weight excluding hydrogens is 262 g/mol. The monoisotopic (exact) mass is 281 g/mol. The highest BCUT2D eigenvalue weighted by Crippen LogP contribution is 2.36. The molecule has 2 aromatic rings. The van der Waals surface area contributed by atoms with Crippen LogP contribution in [0, 0.1) is 0 Å². The summed E-state index contributed by atoms with van der Waals surface area (Å²) >= 11 is 0. The number of hydrogen-bond acceptors (Lipinski definition) is 4. The van der Waals surface area contributed by atoms with E-state index in [1.807, 2.05) is 30.5 Å². The summed E-state index contributed by atoms with van der Waals surface area (Å²) in [5, 5.41) is 0. The van der Waals surface area contributed by atoms with Gasteiger partial charge in [0.05, 0.1) is 6.04 Å². The number of ketones is 1. The number of nitrogen functional groups attached to an aromatic ring is 1. The van der Waals surface area contributed by atoms with Crippen LogP contribution in [-0.4, -0.2) is 17.3 Å². The molecule has 1 atom stereocenters. The highest BCUT2D eigenvalue weighted by atomic mass is 16.1. The molecular formula is C17H19N3O. The third kappa shape index (κ3) is 2.61. The molecule has 3 rings (SSSR count). The van der Waals surface area contributed by atoms with Crippen LogP contribution in [0.2, 0.25) is 0 Å². The summed E-state index contributed by atoms with van der Waals surface area (Å²) in [4.78, 5) is 18.0. The number of carbonyl (C=O) groups excluding carboxylic acids is 1. The Hall–Kier alpha value is -2.36. The Balaban J connectivity index is 1.92. The first-order chi connectivity index (χ1) is 10.2. The molecule has 1 aliphatic rings. The van der Waals surface area contributed by atoms with E-state index < -0.39 is 0 Å². The Morgan fingerprint density at radius 3 is 2.90 bits per heavy atom. The predicted octanol–water partition coefficient (Wildman–Crippen LogP) is 3.21. The lowest BCUT2D eigenvalue weighted by Crippen LogP contribution is -2.22. The number of aromatic nitrogens is 1. The molecule has 0 spiro atoms. The maximum atomic E-state index is 11.5. The Morgan fingerprint density at radius 1 is 1.38 bits per heavy atom. The molecule has 1 aromatic carbocycles. The lowest BCUT2D eigenvalue weighted by molar-refractivity contribution is 0.101. The van der Waals surface area contributed by atoms with Gasteiger partial charge in [0, 0.05) is 35.9 Å². The third-order valence-corrected chi connectivity index (χ3v) is 4.07. The van der Waals surface area contributed by atoms with Gasteiger partial charge in [-0.2, -0.15) is 0 Å². The molecule has 108 valence electrons. The SMILES string of the molecule is CC(=O)c1ccc(N2CCCC2c2cccnc2)cc1N. The number of rotatable bonds is 3.